The molecule has 6 N–H and O–H groups in total. The molecule has 0 aliphatic heterocycles. The van der Waals surface area contributed by atoms with Gasteiger partial charge in [0.15, 0.2) is 0 Å². The van der Waals surface area contributed by atoms with E-state index in [1.54, 1.807) is 14.2 Å². The molecule has 0 saturated carbocycles. The highest BCUT2D eigenvalue weighted by atomic mass is 16.5. The fourth-order valence-electron chi connectivity index (χ4n) is 2.51. The van der Waals surface area contributed by atoms with E-state index >= 15 is 0 Å². The molecule has 0 saturated heterocycles. The number of aromatic nitrogens is 1. The summed E-state index contributed by atoms with van der Waals surface area (Å²) < 4.78 is 5.03. The largest absolute Gasteiger partial charge is 0.383 e. The highest BCUT2D eigenvalue weighted by Gasteiger charge is 2.11. The van der Waals surface area contributed by atoms with Gasteiger partial charge in [-0.2, -0.15) is 5.26 Å². The SMILES string of the molecule is CCC(C)CNN/C(N)=C(/C#N)C(=NC)NCCc1cccc(CNCCOC)n1. The van der Waals surface area contributed by atoms with Crippen LogP contribution in [0.5, 0.6) is 0 Å². The molecular weight excluding hydrogens is 380 g/mol. The van der Waals surface area contributed by atoms with Crippen molar-refractivity contribution in [3.8, 4) is 6.07 Å². The van der Waals surface area contributed by atoms with Crippen molar-refractivity contribution in [3.63, 3.8) is 0 Å². The van der Waals surface area contributed by atoms with E-state index < -0.39 is 0 Å². The van der Waals surface area contributed by atoms with Crippen molar-refractivity contribution in [2.45, 2.75) is 33.2 Å². The number of pyridine rings is 1. The van der Waals surface area contributed by atoms with Crippen LogP contribution in [0.2, 0.25) is 0 Å². The van der Waals surface area contributed by atoms with Crippen LogP contribution >= 0.6 is 0 Å². The van der Waals surface area contributed by atoms with Crippen molar-refractivity contribution >= 4 is 5.84 Å². The Kier molecular flexibility index (Phi) is 12.9. The summed E-state index contributed by atoms with van der Waals surface area (Å²) in [5.41, 5.74) is 14.2. The second-order valence-corrected chi connectivity index (χ2v) is 6.96. The maximum absolute atomic E-state index is 9.52. The number of nitriles is 1. The minimum atomic E-state index is 0.246. The van der Waals surface area contributed by atoms with Crippen molar-refractivity contribution in [3.05, 3.63) is 41.0 Å². The topological polar surface area (TPSA) is 132 Å². The summed E-state index contributed by atoms with van der Waals surface area (Å²) in [4.78, 5) is 8.83. The first-order chi connectivity index (χ1) is 14.5. The molecule has 1 atom stereocenters. The van der Waals surface area contributed by atoms with Gasteiger partial charge in [0, 0.05) is 52.5 Å². The molecule has 0 aliphatic rings. The maximum Gasteiger partial charge on any atom is 0.142 e. The number of rotatable bonds is 14. The molecule has 0 amide bonds. The number of amidine groups is 1. The van der Waals surface area contributed by atoms with Gasteiger partial charge in [-0.25, -0.2) is 5.43 Å². The number of hydrazine groups is 1. The third kappa shape index (κ3) is 9.69. The van der Waals surface area contributed by atoms with Crippen LogP contribution in [0.3, 0.4) is 0 Å². The molecule has 0 fully saturated rings. The third-order valence-corrected chi connectivity index (χ3v) is 4.54. The van der Waals surface area contributed by atoms with Crippen molar-refractivity contribution in [1.82, 2.24) is 26.5 Å². The molecule has 0 bridgehead atoms. The van der Waals surface area contributed by atoms with Crippen LogP contribution in [0.25, 0.3) is 0 Å². The normalized spacial score (nSPS) is 13.4. The first-order valence-corrected chi connectivity index (χ1v) is 10.3. The summed E-state index contributed by atoms with van der Waals surface area (Å²) in [5, 5.41) is 16.0. The van der Waals surface area contributed by atoms with Crippen molar-refractivity contribution in [2.75, 3.05) is 40.4 Å². The van der Waals surface area contributed by atoms with Gasteiger partial charge < -0.3 is 26.5 Å². The smallest absolute Gasteiger partial charge is 0.142 e. The lowest BCUT2D eigenvalue weighted by Crippen LogP contribution is -2.40. The summed E-state index contributed by atoms with van der Waals surface area (Å²) in [6, 6.07) is 8.09. The van der Waals surface area contributed by atoms with Crippen molar-refractivity contribution < 1.29 is 4.74 Å². The van der Waals surface area contributed by atoms with E-state index in [-0.39, 0.29) is 11.4 Å². The number of methoxy groups -OCH3 is 1. The van der Waals surface area contributed by atoms with E-state index in [2.05, 4.69) is 51.4 Å². The Balaban J connectivity index is 2.58. The number of hydrogen-bond acceptors (Lipinski definition) is 8. The van der Waals surface area contributed by atoms with E-state index in [0.717, 1.165) is 30.9 Å². The molecule has 9 heteroatoms. The number of aliphatic imine (C=N–C) groups is 1. The van der Waals surface area contributed by atoms with E-state index in [9.17, 15) is 5.26 Å². The van der Waals surface area contributed by atoms with E-state index in [0.29, 0.717) is 37.9 Å². The van der Waals surface area contributed by atoms with E-state index in [4.69, 9.17) is 10.5 Å². The summed E-state index contributed by atoms with van der Waals surface area (Å²) in [5.74, 6) is 1.20. The van der Waals surface area contributed by atoms with Gasteiger partial charge in [0.25, 0.3) is 0 Å². The summed E-state index contributed by atoms with van der Waals surface area (Å²) in [6.07, 6.45) is 1.76. The Morgan fingerprint density at radius 2 is 2.10 bits per heavy atom. The van der Waals surface area contributed by atoms with Crippen LogP contribution in [0, 0.1) is 17.2 Å². The van der Waals surface area contributed by atoms with Gasteiger partial charge in [0.2, 0.25) is 0 Å². The van der Waals surface area contributed by atoms with Gasteiger partial charge in [-0.05, 0) is 18.1 Å². The molecule has 0 radical (unpaired) electrons. The third-order valence-electron chi connectivity index (χ3n) is 4.54. The highest BCUT2D eigenvalue weighted by Crippen LogP contribution is 2.02. The Morgan fingerprint density at radius 3 is 2.77 bits per heavy atom. The minimum absolute atomic E-state index is 0.246. The zero-order valence-corrected chi connectivity index (χ0v) is 18.6. The number of ether oxygens (including phenoxy) is 1. The van der Waals surface area contributed by atoms with Crippen molar-refractivity contribution in [1.29, 1.82) is 5.26 Å². The predicted molar refractivity (Wildman–Crippen MR) is 120 cm³/mol. The van der Waals surface area contributed by atoms with E-state index in [1.165, 1.54) is 0 Å². The highest BCUT2D eigenvalue weighted by molar-refractivity contribution is 6.02. The van der Waals surface area contributed by atoms with Crippen molar-refractivity contribution in [2.24, 2.45) is 16.6 Å². The number of nitrogens with two attached hydrogens (primary N) is 1. The average molecular weight is 417 g/mol. The Labute approximate surface area is 180 Å². The molecule has 1 aromatic rings. The molecule has 0 aromatic carbocycles. The molecule has 166 valence electrons. The maximum atomic E-state index is 9.52. The van der Waals surface area contributed by atoms with Gasteiger partial charge in [0.05, 0.1) is 12.3 Å². The van der Waals surface area contributed by atoms with Crippen LogP contribution in [-0.2, 0) is 17.7 Å². The van der Waals surface area contributed by atoms with Gasteiger partial charge in [-0.1, -0.05) is 26.3 Å². The van der Waals surface area contributed by atoms with Gasteiger partial charge in [-0.3, -0.25) is 9.98 Å². The average Bonchev–Trinajstić information content (AvgIpc) is 2.76. The summed E-state index contributed by atoms with van der Waals surface area (Å²) in [6.45, 7) is 7.75. The molecule has 0 aliphatic carbocycles. The first-order valence-electron chi connectivity index (χ1n) is 10.3. The lowest BCUT2D eigenvalue weighted by Gasteiger charge is -2.15. The van der Waals surface area contributed by atoms with Crippen LogP contribution in [0.15, 0.2) is 34.6 Å². The zero-order chi connectivity index (χ0) is 22.2. The van der Waals surface area contributed by atoms with Crippen LogP contribution in [0.4, 0.5) is 0 Å². The number of hydrogen-bond donors (Lipinski definition) is 5. The standard InChI is InChI=1S/C21H36N8O/c1-5-16(2)14-27-29-20(23)19(13-22)21(24-3)26-10-9-17-7-6-8-18(28-17)15-25-11-12-30-4/h6-8,16,25,27,29H,5,9-12,14-15,23H2,1-4H3,(H,24,26)/b20-19-. The quantitative estimate of drug-likeness (QED) is 0.0989. The fourth-order valence-corrected chi connectivity index (χ4v) is 2.51. The van der Waals surface area contributed by atoms with Gasteiger partial charge in [-0.15, -0.1) is 0 Å². The Morgan fingerprint density at radius 1 is 1.33 bits per heavy atom. The first kappa shape index (κ1) is 25.4. The Hall–Kier alpha value is -2.67. The lowest BCUT2D eigenvalue weighted by molar-refractivity contribution is 0.199. The van der Waals surface area contributed by atoms with Gasteiger partial charge in [0.1, 0.15) is 23.3 Å². The molecule has 30 heavy (non-hydrogen) atoms. The molecule has 1 unspecified atom stereocenters. The second-order valence-electron chi connectivity index (χ2n) is 6.96. The molecule has 1 rings (SSSR count). The van der Waals surface area contributed by atoms with E-state index in [1.807, 2.05) is 18.2 Å². The summed E-state index contributed by atoms with van der Waals surface area (Å²) in [7, 11) is 3.31. The van der Waals surface area contributed by atoms with Crippen LogP contribution in [-0.4, -0.2) is 51.2 Å². The second kappa shape index (κ2) is 15.2. The summed E-state index contributed by atoms with van der Waals surface area (Å²) >= 11 is 0. The fraction of sp³-hybridized carbons (Fsp3) is 0.571. The molecule has 1 heterocycles. The number of nitrogens with zero attached hydrogens (tertiary/aromatic N) is 3. The molecule has 1 aromatic heterocycles. The molecule has 9 nitrogen and oxygen atoms in total. The number of nitrogens with one attached hydrogen (secondary N) is 4. The monoisotopic (exact) mass is 416 g/mol. The predicted octanol–water partition coefficient (Wildman–Crippen LogP) is 0.812. The minimum Gasteiger partial charge on any atom is -0.383 e. The van der Waals surface area contributed by atoms with Gasteiger partial charge >= 0.3 is 0 Å². The van der Waals surface area contributed by atoms with Crippen LogP contribution < -0.4 is 27.2 Å². The Bertz CT molecular complexity index is 726. The molecular formula is C21H36N8O. The lowest BCUT2D eigenvalue weighted by atomic mass is 10.1. The zero-order valence-electron chi connectivity index (χ0n) is 18.6. The van der Waals surface area contributed by atoms with Crippen LogP contribution in [0.1, 0.15) is 31.7 Å². The molecule has 0 spiro atoms.